The molecule has 0 aromatic carbocycles. The number of nitrogens with zero attached hydrogens (tertiary/aromatic N) is 2. The van der Waals surface area contributed by atoms with Crippen molar-refractivity contribution in [2.75, 3.05) is 6.54 Å². The lowest BCUT2D eigenvalue weighted by atomic mass is 10.1. The van der Waals surface area contributed by atoms with Gasteiger partial charge in [-0.3, -0.25) is 9.78 Å². The predicted molar refractivity (Wildman–Crippen MR) is 63.2 cm³/mol. The average molecular weight is 236 g/mol. The lowest BCUT2D eigenvalue weighted by Crippen LogP contribution is -2.38. The summed E-state index contributed by atoms with van der Waals surface area (Å²) in [6, 6.07) is 1.65. The number of hydrogen-bond donors (Lipinski definition) is 0. The highest BCUT2D eigenvalue weighted by molar-refractivity contribution is 5.94. The Kier molecular flexibility index (Phi) is 3.71. The Morgan fingerprint density at radius 3 is 3.06 bits per heavy atom. The van der Waals surface area contributed by atoms with Gasteiger partial charge in [0.25, 0.3) is 5.91 Å². The van der Waals surface area contributed by atoms with Crippen molar-refractivity contribution in [2.24, 2.45) is 0 Å². The molecule has 3 nitrogen and oxygen atoms in total. The van der Waals surface area contributed by atoms with E-state index in [4.69, 9.17) is 0 Å². The van der Waals surface area contributed by atoms with Crippen molar-refractivity contribution >= 4 is 5.91 Å². The molecule has 2 rings (SSSR count). The first-order chi connectivity index (χ1) is 8.20. The summed E-state index contributed by atoms with van der Waals surface area (Å²) in [5, 5.41) is 0. The molecule has 0 radical (unpaired) electrons. The number of carbonyl (C=O) groups excluding carboxylic acids is 1. The number of hydrogen-bond acceptors (Lipinski definition) is 2. The van der Waals surface area contributed by atoms with Gasteiger partial charge in [-0.1, -0.05) is 12.8 Å². The van der Waals surface area contributed by atoms with Crippen LogP contribution in [0.2, 0.25) is 0 Å². The normalized spacial score (nSPS) is 21.1. The van der Waals surface area contributed by atoms with Crippen LogP contribution in [0.15, 0.2) is 18.5 Å². The van der Waals surface area contributed by atoms with E-state index in [1.807, 2.05) is 6.92 Å². The van der Waals surface area contributed by atoms with E-state index in [-0.39, 0.29) is 17.5 Å². The Labute approximate surface area is 101 Å². The molecule has 1 unspecified atom stereocenters. The Morgan fingerprint density at radius 1 is 1.47 bits per heavy atom. The first-order valence-electron chi connectivity index (χ1n) is 6.10. The molecule has 17 heavy (non-hydrogen) atoms. The summed E-state index contributed by atoms with van der Waals surface area (Å²) in [4.78, 5) is 17.7. The highest BCUT2D eigenvalue weighted by Crippen LogP contribution is 2.19. The summed E-state index contributed by atoms with van der Waals surface area (Å²) in [6.45, 7) is 2.75. The maximum atomic E-state index is 13.5. The lowest BCUT2D eigenvalue weighted by molar-refractivity contribution is 0.0693. The Bertz CT molecular complexity index is 408. The van der Waals surface area contributed by atoms with Gasteiger partial charge in [-0.2, -0.15) is 0 Å². The highest BCUT2D eigenvalue weighted by atomic mass is 19.1. The van der Waals surface area contributed by atoms with Gasteiger partial charge in [-0.25, -0.2) is 4.39 Å². The van der Waals surface area contributed by atoms with Gasteiger partial charge in [0.1, 0.15) is 0 Å². The number of halogens is 1. The number of amides is 1. The predicted octanol–water partition coefficient (Wildman–Crippen LogP) is 2.63. The summed E-state index contributed by atoms with van der Waals surface area (Å²) in [7, 11) is 0. The van der Waals surface area contributed by atoms with E-state index in [1.165, 1.54) is 12.3 Å². The molecule has 0 bridgehead atoms. The van der Waals surface area contributed by atoms with Gasteiger partial charge in [0.05, 0.1) is 11.8 Å². The van der Waals surface area contributed by atoms with Gasteiger partial charge in [0.15, 0.2) is 5.82 Å². The van der Waals surface area contributed by atoms with Crippen LogP contribution in [0, 0.1) is 5.82 Å². The average Bonchev–Trinajstić information content (AvgIpc) is 2.54. The molecule has 1 atom stereocenters. The number of carbonyl (C=O) groups is 1. The van der Waals surface area contributed by atoms with Crippen LogP contribution in [0.4, 0.5) is 4.39 Å². The monoisotopic (exact) mass is 236 g/mol. The van der Waals surface area contributed by atoms with Crippen LogP contribution in [-0.4, -0.2) is 28.4 Å². The zero-order valence-corrected chi connectivity index (χ0v) is 10.0. The molecule has 0 spiro atoms. The smallest absolute Gasteiger partial charge is 0.257 e. The highest BCUT2D eigenvalue weighted by Gasteiger charge is 2.24. The molecule has 0 saturated carbocycles. The van der Waals surface area contributed by atoms with Gasteiger partial charge in [-0.05, 0) is 25.8 Å². The third-order valence-electron chi connectivity index (χ3n) is 3.32. The Balaban J connectivity index is 2.21. The molecule has 1 aliphatic heterocycles. The third-order valence-corrected chi connectivity index (χ3v) is 3.32. The van der Waals surface area contributed by atoms with Crippen molar-refractivity contribution in [1.82, 2.24) is 9.88 Å². The summed E-state index contributed by atoms with van der Waals surface area (Å²) in [5.74, 6) is -0.742. The molecule has 2 heterocycles. The molecule has 92 valence electrons. The van der Waals surface area contributed by atoms with Crippen molar-refractivity contribution < 1.29 is 9.18 Å². The second kappa shape index (κ2) is 5.25. The van der Waals surface area contributed by atoms with Crippen molar-refractivity contribution in [2.45, 2.75) is 38.6 Å². The van der Waals surface area contributed by atoms with Crippen LogP contribution >= 0.6 is 0 Å². The van der Waals surface area contributed by atoms with Crippen LogP contribution < -0.4 is 0 Å². The minimum absolute atomic E-state index is 0.133. The summed E-state index contributed by atoms with van der Waals surface area (Å²) in [6.07, 6.45) is 6.84. The van der Waals surface area contributed by atoms with Crippen LogP contribution in [0.25, 0.3) is 0 Å². The molecule has 1 aromatic rings. The second-order valence-electron chi connectivity index (χ2n) is 4.55. The van der Waals surface area contributed by atoms with Crippen LogP contribution in [-0.2, 0) is 0 Å². The fourth-order valence-corrected chi connectivity index (χ4v) is 2.28. The molecule has 1 saturated heterocycles. The zero-order chi connectivity index (χ0) is 12.3. The number of aromatic nitrogens is 1. The molecule has 4 heteroatoms. The van der Waals surface area contributed by atoms with Gasteiger partial charge < -0.3 is 4.90 Å². The standard InChI is InChI=1S/C13H17FN2O/c1-10-5-3-2-4-8-16(10)13(17)11-6-7-15-9-12(11)14/h6-7,9-10H,2-5,8H2,1H3. The lowest BCUT2D eigenvalue weighted by Gasteiger charge is -2.27. The zero-order valence-electron chi connectivity index (χ0n) is 10.0. The van der Waals surface area contributed by atoms with E-state index in [1.54, 1.807) is 4.90 Å². The van der Waals surface area contributed by atoms with E-state index in [2.05, 4.69) is 4.98 Å². The SMILES string of the molecule is CC1CCCCCN1C(=O)c1ccncc1F. The van der Waals surface area contributed by atoms with E-state index in [9.17, 15) is 9.18 Å². The summed E-state index contributed by atoms with van der Waals surface area (Å²) < 4.78 is 13.5. The minimum Gasteiger partial charge on any atom is -0.336 e. The molecular weight excluding hydrogens is 219 g/mol. The van der Waals surface area contributed by atoms with Crippen LogP contribution in [0.1, 0.15) is 43.0 Å². The van der Waals surface area contributed by atoms with Crippen molar-refractivity contribution in [1.29, 1.82) is 0 Å². The van der Waals surface area contributed by atoms with Gasteiger partial charge >= 0.3 is 0 Å². The molecule has 1 aliphatic rings. The van der Waals surface area contributed by atoms with Crippen LogP contribution in [0.5, 0.6) is 0 Å². The van der Waals surface area contributed by atoms with E-state index >= 15 is 0 Å². The first-order valence-corrected chi connectivity index (χ1v) is 6.10. The van der Waals surface area contributed by atoms with Crippen molar-refractivity contribution in [3.8, 4) is 0 Å². The van der Waals surface area contributed by atoms with Crippen LogP contribution in [0.3, 0.4) is 0 Å². The van der Waals surface area contributed by atoms with Gasteiger partial charge in [-0.15, -0.1) is 0 Å². The minimum atomic E-state index is -0.533. The first kappa shape index (κ1) is 12.0. The van der Waals surface area contributed by atoms with E-state index in [0.717, 1.165) is 38.4 Å². The maximum Gasteiger partial charge on any atom is 0.257 e. The second-order valence-corrected chi connectivity index (χ2v) is 4.55. The molecule has 0 aliphatic carbocycles. The van der Waals surface area contributed by atoms with E-state index < -0.39 is 5.82 Å². The van der Waals surface area contributed by atoms with Gasteiger partial charge in [0, 0.05) is 18.8 Å². The fourth-order valence-electron chi connectivity index (χ4n) is 2.28. The topological polar surface area (TPSA) is 33.2 Å². The molecule has 1 fully saturated rings. The van der Waals surface area contributed by atoms with Gasteiger partial charge in [0.2, 0.25) is 0 Å². The quantitative estimate of drug-likeness (QED) is 0.751. The summed E-state index contributed by atoms with van der Waals surface area (Å²) in [5.41, 5.74) is 0.133. The number of rotatable bonds is 1. The Morgan fingerprint density at radius 2 is 2.29 bits per heavy atom. The summed E-state index contributed by atoms with van der Waals surface area (Å²) >= 11 is 0. The number of likely N-dealkylation sites (tertiary alicyclic amines) is 1. The molecule has 0 N–H and O–H groups in total. The largest absolute Gasteiger partial charge is 0.336 e. The van der Waals surface area contributed by atoms with E-state index in [0.29, 0.717) is 0 Å². The molecular formula is C13H17FN2O. The fraction of sp³-hybridized carbons (Fsp3) is 0.538. The third kappa shape index (κ3) is 2.62. The maximum absolute atomic E-state index is 13.5. The van der Waals surface area contributed by atoms with Crippen molar-refractivity contribution in [3.05, 3.63) is 29.8 Å². The van der Waals surface area contributed by atoms with Crippen molar-refractivity contribution in [3.63, 3.8) is 0 Å². The molecule has 1 aromatic heterocycles. The molecule has 1 amide bonds. The Hall–Kier alpha value is -1.45. The number of pyridine rings is 1.